The monoisotopic (exact) mass is 389 g/mol. The summed E-state index contributed by atoms with van der Waals surface area (Å²) in [4.78, 5) is 4.13. The Balaban J connectivity index is 2.23. The van der Waals surface area contributed by atoms with Gasteiger partial charge >= 0.3 is 0 Å². The van der Waals surface area contributed by atoms with Crippen molar-refractivity contribution in [3.63, 3.8) is 0 Å². The van der Waals surface area contributed by atoms with Crippen molar-refractivity contribution in [2.75, 3.05) is 16.6 Å². The number of anilines is 2. The summed E-state index contributed by atoms with van der Waals surface area (Å²) in [7, 11) is -3.69. The first-order valence-corrected chi connectivity index (χ1v) is 8.75. The molecule has 1 aromatic heterocycles. The molecule has 8 heteroatoms. The lowest BCUT2D eigenvalue weighted by molar-refractivity contribution is 0.601. The zero-order valence-corrected chi connectivity index (χ0v) is 14.3. The van der Waals surface area contributed by atoms with Crippen molar-refractivity contribution in [1.82, 2.24) is 4.98 Å². The van der Waals surface area contributed by atoms with Crippen molar-refractivity contribution in [2.45, 2.75) is 11.8 Å². The number of sulfonamides is 1. The molecule has 0 saturated carbocycles. The molecule has 2 rings (SSSR count). The second-order valence-electron chi connectivity index (χ2n) is 4.14. The third-order valence-electron chi connectivity index (χ3n) is 2.58. The fourth-order valence-electron chi connectivity index (χ4n) is 1.60. The van der Waals surface area contributed by atoms with Gasteiger partial charge in [-0.25, -0.2) is 13.4 Å². The number of hydrogen-bond acceptors (Lipinski definition) is 4. The van der Waals surface area contributed by atoms with Gasteiger partial charge in [-0.1, -0.05) is 11.6 Å². The van der Waals surface area contributed by atoms with Gasteiger partial charge in [-0.2, -0.15) is 0 Å². The van der Waals surface area contributed by atoms with E-state index in [1.807, 2.05) is 6.92 Å². The molecule has 0 fully saturated rings. The highest BCUT2D eigenvalue weighted by molar-refractivity contribution is 9.10. The van der Waals surface area contributed by atoms with Gasteiger partial charge in [0.25, 0.3) is 10.0 Å². The summed E-state index contributed by atoms with van der Waals surface area (Å²) < 4.78 is 27.6. The molecular formula is C13H13BrClN3O2S. The molecule has 1 aromatic carbocycles. The van der Waals surface area contributed by atoms with Gasteiger partial charge in [0.15, 0.2) is 0 Å². The van der Waals surface area contributed by atoms with E-state index in [0.29, 0.717) is 21.0 Å². The molecule has 0 aliphatic heterocycles. The molecule has 0 amide bonds. The van der Waals surface area contributed by atoms with E-state index in [1.54, 1.807) is 18.2 Å². The van der Waals surface area contributed by atoms with E-state index in [9.17, 15) is 8.42 Å². The Labute approximate surface area is 136 Å². The predicted octanol–water partition coefficient (Wildman–Crippen LogP) is 3.73. The molecule has 112 valence electrons. The maximum absolute atomic E-state index is 12.2. The maximum atomic E-state index is 12.2. The van der Waals surface area contributed by atoms with Gasteiger partial charge in [0.2, 0.25) is 0 Å². The van der Waals surface area contributed by atoms with Gasteiger partial charge < -0.3 is 5.32 Å². The Morgan fingerprint density at radius 2 is 2.05 bits per heavy atom. The standard InChI is InChI=1S/C13H13BrClN3O2S/c1-2-16-13-6-4-10(8-17-13)21(19,20)18-9-3-5-11(14)12(15)7-9/h3-8,18H,2H2,1H3,(H,16,17). The average molecular weight is 391 g/mol. The highest BCUT2D eigenvalue weighted by atomic mass is 79.9. The number of halogens is 2. The summed E-state index contributed by atoms with van der Waals surface area (Å²) in [5, 5.41) is 3.43. The van der Waals surface area contributed by atoms with Crippen LogP contribution in [-0.4, -0.2) is 19.9 Å². The van der Waals surface area contributed by atoms with Gasteiger partial charge in [-0.05, 0) is 53.2 Å². The zero-order valence-electron chi connectivity index (χ0n) is 11.1. The van der Waals surface area contributed by atoms with Crippen molar-refractivity contribution in [3.05, 3.63) is 46.0 Å². The Morgan fingerprint density at radius 1 is 1.29 bits per heavy atom. The first kappa shape index (κ1) is 16.1. The molecular weight excluding hydrogens is 378 g/mol. The Kier molecular flexibility index (Phi) is 5.08. The van der Waals surface area contributed by atoms with Crippen LogP contribution in [0, 0.1) is 0 Å². The third-order valence-corrected chi connectivity index (χ3v) is 5.18. The van der Waals surface area contributed by atoms with Crippen molar-refractivity contribution in [2.24, 2.45) is 0 Å². The lowest BCUT2D eigenvalue weighted by atomic mass is 10.3. The minimum absolute atomic E-state index is 0.0863. The fraction of sp³-hybridized carbons (Fsp3) is 0.154. The summed E-state index contributed by atoms with van der Waals surface area (Å²) in [6.07, 6.45) is 1.31. The number of benzene rings is 1. The highest BCUT2D eigenvalue weighted by Gasteiger charge is 2.15. The molecule has 0 spiro atoms. The van der Waals surface area contributed by atoms with E-state index in [0.717, 1.165) is 6.54 Å². The van der Waals surface area contributed by atoms with Crippen LogP contribution < -0.4 is 10.0 Å². The van der Waals surface area contributed by atoms with Crippen LogP contribution in [0.15, 0.2) is 45.9 Å². The van der Waals surface area contributed by atoms with Crippen LogP contribution in [0.3, 0.4) is 0 Å². The summed E-state index contributed by atoms with van der Waals surface area (Å²) >= 11 is 9.19. The van der Waals surface area contributed by atoms with Crippen LogP contribution in [0.1, 0.15) is 6.92 Å². The van der Waals surface area contributed by atoms with Crippen LogP contribution in [-0.2, 0) is 10.0 Å². The van der Waals surface area contributed by atoms with Gasteiger partial charge in [-0.3, -0.25) is 4.72 Å². The van der Waals surface area contributed by atoms with Crippen LogP contribution >= 0.6 is 27.5 Å². The van der Waals surface area contributed by atoms with Crippen molar-refractivity contribution < 1.29 is 8.42 Å². The van der Waals surface area contributed by atoms with E-state index < -0.39 is 10.0 Å². The van der Waals surface area contributed by atoms with Gasteiger partial charge in [0, 0.05) is 17.2 Å². The lowest BCUT2D eigenvalue weighted by Gasteiger charge is -2.09. The first-order chi connectivity index (χ1) is 9.92. The van der Waals surface area contributed by atoms with Gasteiger partial charge in [0.05, 0.1) is 10.7 Å². The molecule has 0 aliphatic rings. The molecule has 2 aromatic rings. The second-order valence-corrected chi connectivity index (χ2v) is 7.09. The van der Waals surface area contributed by atoms with E-state index in [-0.39, 0.29) is 4.90 Å². The van der Waals surface area contributed by atoms with Crippen molar-refractivity contribution in [3.8, 4) is 0 Å². The lowest BCUT2D eigenvalue weighted by Crippen LogP contribution is -2.13. The van der Waals surface area contributed by atoms with E-state index in [2.05, 4.69) is 31.0 Å². The normalized spacial score (nSPS) is 11.2. The average Bonchev–Trinajstić information content (AvgIpc) is 2.44. The minimum atomic E-state index is -3.69. The highest BCUT2D eigenvalue weighted by Crippen LogP contribution is 2.26. The minimum Gasteiger partial charge on any atom is -0.370 e. The largest absolute Gasteiger partial charge is 0.370 e. The fourth-order valence-corrected chi connectivity index (χ4v) is 3.02. The molecule has 0 bridgehead atoms. The molecule has 5 nitrogen and oxygen atoms in total. The zero-order chi connectivity index (χ0) is 15.5. The number of nitrogens with one attached hydrogen (secondary N) is 2. The van der Waals surface area contributed by atoms with E-state index in [1.165, 1.54) is 18.3 Å². The number of nitrogens with zero attached hydrogens (tertiary/aromatic N) is 1. The number of aromatic nitrogens is 1. The molecule has 0 aliphatic carbocycles. The molecule has 2 N–H and O–H groups in total. The summed E-state index contributed by atoms with van der Waals surface area (Å²) in [5.74, 6) is 0.628. The predicted molar refractivity (Wildman–Crippen MR) is 88.4 cm³/mol. The Morgan fingerprint density at radius 3 is 2.62 bits per heavy atom. The second kappa shape index (κ2) is 6.64. The third kappa shape index (κ3) is 4.09. The van der Waals surface area contributed by atoms with Crippen LogP contribution in [0.4, 0.5) is 11.5 Å². The molecule has 1 heterocycles. The Hall–Kier alpha value is -1.31. The van der Waals surface area contributed by atoms with Gasteiger partial charge in [-0.15, -0.1) is 0 Å². The topological polar surface area (TPSA) is 71.1 Å². The van der Waals surface area contributed by atoms with Crippen LogP contribution in [0.25, 0.3) is 0 Å². The summed E-state index contributed by atoms with van der Waals surface area (Å²) in [5.41, 5.74) is 0.388. The number of hydrogen-bond donors (Lipinski definition) is 2. The molecule has 21 heavy (non-hydrogen) atoms. The van der Waals surface area contributed by atoms with E-state index in [4.69, 9.17) is 11.6 Å². The van der Waals surface area contributed by atoms with E-state index >= 15 is 0 Å². The van der Waals surface area contributed by atoms with Gasteiger partial charge in [0.1, 0.15) is 10.7 Å². The van der Waals surface area contributed by atoms with Crippen molar-refractivity contribution >= 4 is 49.1 Å². The van der Waals surface area contributed by atoms with Crippen molar-refractivity contribution in [1.29, 1.82) is 0 Å². The van der Waals surface area contributed by atoms with Crippen LogP contribution in [0.5, 0.6) is 0 Å². The maximum Gasteiger partial charge on any atom is 0.263 e. The SMILES string of the molecule is CCNc1ccc(S(=O)(=O)Nc2ccc(Br)c(Cl)c2)cn1. The first-order valence-electron chi connectivity index (χ1n) is 6.10. The Bertz CT molecular complexity index is 736. The number of rotatable bonds is 5. The summed E-state index contributed by atoms with van der Waals surface area (Å²) in [6.45, 7) is 2.65. The molecule has 0 radical (unpaired) electrons. The van der Waals surface area contributed by atoms with Crippen LogP contribution in [0.2, 0.25) is 5.02 Å². The molecule has 0 atom stereocenters. The number of pyridine rings is 1. The smallest absolute Gasteiger partial charge is 0.263 e. The quantitative estimate of drug-likeness (QED) is 0.816. The molecule has 0 saturated heterocycles. The molecule has 0 unspecified atom stereocenters. The summed E-state index contributed by atoms with van der Waals surface area (Å²) in [6, 6.07) is 7.94.